The number of hydrogen-bond donors (Lipinski definition) is 0. The molecular formula is C17H12F4O4. The van der Waals surface area contributed by atoms with Crippen LogP contribution in [0.1, 0.15) is 27.1 Å². The molecule has 0 aliphatic carbocycles. The zero-order valence-corrected chi connectivity index (χ0v) is 12.6. The fraction of sp³-hybridized carbons (Fsp3) is 0.176. The van der Waals surface area contributed by atoms with Gasteiger partial charge in [0.2, 0.25) is 0 Å². The molecule has 25 heavy (non-hydrogen) atoms. The lowest BCUT2D eigenvalue weighted by Gasteiger charge is -2.07. The second-order valence-electron chi connectivity index (χ2n) is 4.84. The summed E-state index contributed by atoms with van der Waals surface area (Å²) in [6, 6.07) is 10.1. The van der Waals surface area contributed by atoms with E-state index in [1.54, 1.807) is 0 Å². The molecule has 0 N–H and O–H groups in total. The summed E-state index contributed by atoms with van der Waals surface area (Å²) in [5, 5.41) is 0. The Balaban J connectivity index is 2.08. The molecule has 0 aliphatic heterocycles. The van der Waals surface area contributed by atoms with Crippen molar-refractivity contribution in [3.63, 3.8) is 0 Å². The van der Waals surface area contributed by atoms with Crippen molar-refractivity contribution in [3.05, 3.63) is 59.7 Å². The largest absolute Gasteiger partial charge is 0.435 e. The van der Waals surface area contributed by atoms with Crippen LogP contribution in [0.2, 0.25) is 0 Å². The minimum Gasteiger partial charge on any atom is -0.435 e. The van der Waals surface area contributed by atoms with Gasteiger partial charge in [-0.05, 0) is 24.3 Å². The summed E-state index contributed by atoms with van der Waals surface area (Å²) in [5.41, 5.74) is 0.0398. The molecule has 2 rings (SSSR count). The lowest BCUT2D eigenvalue weighted by molar-refractivity contribution is -0.0505. The molecule has 0 amide bonds. The lowest BCUT2D eigenvalue weighted by Crippen LogP contribution is -2.10. The third-order valence-electron chi connectivity index (χ3n) is 3.08. The summed E-state index contributed by atoms with van der Waals surface area (Å²) < 4.78 is 57.1. The number of alkyl halides is 4. The van der Waals surface area contributed by atoms with E-state index in [0.717, 1.165) is 12.1 Å². The molecule has 2 aromatic carbocycles. The van der Waals surface area contributed by atoms with Crippen LogP contribution in [0, 0.1) is 0 Å². The maximum Gasteiger partial charge on any atom is 0.387 e. The quantitative estimate of drug-likeness (QED) is 0.401. The highest BCUT2D eigenvalue weighted by atomic mass is 19.3. The topological polar surface area (TPSA) is 52.6 Å². The molecule has 0 saturated carbocycles. The Morgan fingerprint density at radius 3 is 1.52 bits per heavy atom. The van der Waals surface area contributed by atoms with E-state index in [0.29, 0.717) is 0 Å². The van der Waals surface area contributed by atoms with Crippen molar-refractivity contribution in [2.75, 3.05) is 0 Å². The van der Waals surface area contributed by atoms with Gasteiger partial charge >= 0.3 is 13.2 Å². The standard InChI is InChI=1S/C17H12F4O4/c18-16(19)24-12-5-1-3-10(7-12)14(22)9-15(23)11-4-2-6-13(8-11)25-17(20)21/h1-8,16-17H,9H2. The molecule has 0 heterocycles. The van der Waals surface area contributed by atoms with Gasteiger partial charge in [-0.1, -0.05) is 24.3 Å². The molecular weight excluding hydrogens is 344 g/mol. The van der Waals surface area contributed by atoms with Gasteiger partial charge in [0.05, 0.1) is 6.42 Å². The van der Waals surface area contributed by atoms with Gasteiger partial charge in [-0.25, -0.2) is 0 Å². The highest BCUT2D eigenvalue weighted by molar-refractivity contribution is 6.13. The van der Waals surface area contributed by atoms with Crippen LogP contribution in [0.25, 0.3) is 0 Å². The van der Waals surface area contributed by atoms with Crippen molar-refractivity contribution in [1.29, 1.82) is 0 Å². The molecule has 2 aromatic rings. The lowest BCUT2D eigenvalue weighted by atomic mass is 10.0. The predicted octanol–water partition coefficient (Wildman–Crippen LogP) is 4.35. The maximum absolute atomic E-state index is 12.2. The normalized spacial score (nSPS) is 10.8. The first-order valence-electron chi connectivity index (χ1n) is 7.01. The van der Waals surface area contributed by atoms with Gasteiger partial charge in [-0.2, -0.15) is 17.6 Å². The summed E-state index contributed by atoms with van der Waals surface area (Å²) in [6.45, 7) is -6.07. The number of rotatable bonds is 8. The Hall–Kier alpha value is -2.90. The van der Waals surface area contributed by atoms with Crippen LogP contribution in [0.15, 0.2) is 48.5 Å². The summed E-state index contributed by atoms with van der Waals surface area (Å²) in [7, 11) is 0. The van der Waals surface area contributed by atoms with Crippen LogP contribution >= 0.6 is 0 Å². The predicted molar refractivity (Wildman–Crippen MR) is 79.4 cm³/mol. The Morgan fingerprint density at radius 2 is 1.16 bits per heavy atom. The van der Waals surface area contributed by atoms with E-state index in [4.69, 9.17) is 0 Å². The SMILES string of the molecule is O=C(CC(=O)c1cccc(OC(F)F)c1)c1cccc(OC(F)F)c1. The minimum atomic E-state index is -3.04. The number of Topliss-reactive ketones (excluding diaryl/α,β-unsaturated/α-hetero) is 2. The van der Waals surface area contributed by atoms with E-state index in [9.17, 15) is 27.2 Å². The first-order valence-corrected chi connectivity index (χ1v) is 7.01. The first kappa shape index (κ1) is 18.4. The molecule has 0 unspecified atom stereocenters. The van der Waals surface area contributed by atoms with Crippen LogP contribution in [-0.2, 0) is 0 Å². The molecule has 0 aliphatic rings. The number of halogens is 4. The minimum absolute atomic E-state index is 0.0199. The van der Waals surface area contributed by atoms with E-state index < -0.39 is 31.2 Å². The third kappa shape index (κ3) is 5.59. The summed E-state index contributed by atoms with van der Waals surface area (Å²) in [6.07, 6.45) is -0.559. The van der Waals surface area contributed by atoms with Crippen molar-refractivity contribution in [2.45, 2.75) is 19.6 Å². The third-order valence-corrected chi connectivity index (χ3v) is 3.08. The summed E-state index contributed by atoms with van der Waals surface area (Å²) >= 11 is 0. The van der Waals surface area contributed by atoms with Crippen molar-refractivity contribution >= 4 is 11.6 Å². The van der Waals surface area contributed by atoms with E-state index in [1.165, 1.54) is 36.4 Å². The Morgan fingerprint density at radius 1 is 0.760 bits per heavy atom. The fourth-order valence-corrected chi connectivity index (χ4v) is 2.04. The second kappa shape index (κ2) is 8.27. The maximum atomic E-state index is 12.2. The van der Waals surface area contributed by atoms with Crippen LogP contribution < -0.4 is 9.47 Å². The Kier molecular flexibility index (Phi) is 6.10. The smallest absolute Gasteiger partial charge is 0.387 e. The Labute approximate surface area is 140 Å². The molecule has 0 spiro atoms. The van der Waals surface area contributed by atoms with Gasteiger partial charge in [0.15, 0.2) is 11.6 Å². The molecule has 8 heteroatoms. The number of carbonyl (C=O) groups excluding carboxylic acids is 2. The monoisotopic (exact) mass is 356 g/mol. The summed E-state index contributed by atoms with van der Waals surface area (Å²) in [5.74, 6) is -1.66. The van der Waals surface area contributed by atoms with E-state index >= 15 is 0 Å². The molecule has 0 saturated heterocycles. The molecule has 132 valence electrons. The van der Waals surface area contributed by atoms with E-state index in [-0.39, 0.29) is 22.6 Å². The highest BCUT2D eigenvalue weighted by Gasteiger charge is 2.16. The van der Waals surface area contributed by atoms with Gasteiger partial charge < -0.3 is 9.47 Å². The van der Waals surface area contributed by atoms with Crippen molar-refractivity contribution in [2.24, 2.45) is 0 Å². The first-order chi connectivity index (χ1) is 11.8. The zero-order valence-electron chi connectivity index (χ0n) is 12.6. The molecule has 0 fully saturated rings. The number of carbonyl (C=O) groups is 2. The van der Waals surface area contributed by atoms with Gasteiger partial charge in [-0.15, -0.1) is 0 Å². The van der Waals surface area contributed by atoms with Gasteiger partial charge in [0.25, 0.3) is 0 Å². The molecule has 0 aromatic heterocycles. The number of benzene rings is 2. The van der Waals surface area contributed by atoms with Crippen LogP contribution in [0.3, 0.4) is 0 Å². The van der Waals surface area contributed by atoms with Gasteiger partial charge in [-0.3, -0.25) is 9.59 Å². The molecule has 0 atom stereocenters. The number of ether oxygens (including phenoxy) is 2. The average Bonchev–Trinajstić information content (AvgIpc) is 2.54. The Bertz CT molecular complexity index is 698. The zero-order chi connectivity index (χ0) is 18.4. The summed E-state index contributed by atoms with van der Waals surface area (Å²) in [4.78, 5) is 24.2. The van der Waals surface area contributed by atoms with E-state index in [2.05, 4.69) is 9.47 Å². The number of hydrogen-bond acceptors (Lipinski definition) is 4. The van der Waals surface area contributed by atoms with Crippen molar-refractivity contribution < 1.29 is 36.6 Å². The van der Waals surface area contributed by atoms with Crippen molar-refractivity contribution in [3.8, 4) is 11.5 Å². The molecule has 4 nitrogen and oxygen atoms in total. The fourth-order valence-electron chi connectivity index (χ4n) is 2.04. The van der Waals surface area contributed by atoms with Crippen LogP contribution in [0.5, 0.6) is 11.5 Å². The molecule has 0 bridgehead atoms. The van der Waals surface area contributed by atoms with Crippen LogP contribution in [0.4, 0.5) is 17.6 Å². The second-order valence-corrected chi connectivity index (χ2v) is 4.84. The average molecular weight is 356 g/mol. The van der Waals surface area contributed by atoms with Gasteiger partial charge in [0.1, 0.15) is 11.5 Å². The van der Waals surface area contributed by atoms with Gasteiger partial charge in [0, 0.05) is 11.1 Å². The highest BCUT2D eigenvalue weighted by Crippen LogP contribution is 2.20. The van der Waals surface area contributed by atoms with Crippen LogP contribution in [-0.4, -0.2) is 24.8 Å². The van der Waals surface area contributed by atoms with Crippen molar-refractivity contribution in [1.82, 2.24) is 0 Å². The molecule has 0 radical (unpaired) electrons. The number of ketones is 2. The van der Waals surface area contributed by atoms with E-state index in [1.807, 2.05) is 0 Å².